The highest BCUT2D eigenvalue weighted by Gasteiger charge is 2.34. The Bertz CT molecular complexity index is 1390. The molecule has 1 atom stereocenters. The van der Waals surface area contributed by atoms with Gasteiger partial charge in [0.25, 0.3) is 10.0 Å². The molecule has 3 aromatic rings. The number of amides is 2. The number of carbonyl (C=O) groups excluding carboxylic acids is 2. The Kier molecular flexibility index (Phi) is 9.92. The zero-order chi connectivity index (χ0) is 28.7. The van der Waals surface area contributed by atoms with Crippen molar-refractivity contribution in [1.82, 2.24) is 10.2 Å². The van der Waals surface area contributed by atoms with E-state index in [0.29, 0.717) is 12.1 Å². The van der Waals surface area contributed by atoms with Gasteiger partial charge in [0.1, 0.15) is 12.6 Å². The van der Waals surface area contributed by atoms with Crippen LogP contribution in [0.3, 0.4) is 0 Å². The topological polar surface area (TPSA) is 86.8 Å². The van der Waals surface area contributed by atoms with Gasteiger partial charge in [0.2, 0.25) is 11.8 Å². The van der Waals surface area contributed by atoms with Gasteiger partial charge in [0, 0.05) is 12.6 Å². The maximum Gasteiger partial charge on any atom is 0.264 e. The van der Waals surface area contributed by atoms with Gasteiger partial charge >= 0.3 is 0 Å². The first-order valence-corrected chi connectivity index (χ1v) is 14.7. The van der Waals surface area contributed by atoms with E-state index in [-0.39, 0.29) is 23.4 Å². The van der Waals surface area contributed by atoms with E-state index in [2.05, 4.69) is 5.32 Å². The molecular weight excluding hydrogens is 510 g/mol. The van der Waals surface area contributed by atoms with Crippen LogP contribution in [0, 0.1) is 20.8 Å². The van der Waals surface area contributed by atoms with Gasteiger partial charge in [0.15, 0.2) is 0 Å². The van der Waals surface area contributed by atoms with Crippen LogP contribution < -0.4 is 9.62 Å². The van der Waals surface area contributed by atoms with E-state index < -0.39 is 28.5 Å². The maximum absolute atomic E-state index is 14.1. The first-order chi connectivity index (χ1) is 18.4. The summed E-state index contributed by atoms with van der Waals surface area (Å²) < 4.78 is 29.0. The van der Waals surface area contributed by atoms with Crippen molar-refractivity contribution in [2.24, 2.45) is 0 Å². The summed E-state index contributed by atoms with van der Waals surface area (Å²) in [4.78, 5) is 28.9. The molecule has 0 fully saturated rings. The number of sulfonamides is 1. The van der Waals surface area contributed by atoms with Crippen LogP contribution in [-0.2, 0) is 26.2 Å². The van der Waals surface area contributed by atoms with Crippen LogP contribution in [0.5, 0.6) is 0 Å². The number of carbonyl (C=O) groups is 2. The third-order valence-corrected chi connectivity index (χ3v) is 8.30. The monoisotopic (exact) mass is 549 g/mol. The van der Waals surface area contributed by atoms with Gasteiger partial charge < -0.3 is 10.2 Å². The second kappa shape index (κ2) is 12.9. The van der Waals surface area contributed by atoms with Crippen molar-refractivity contribution in [2.75, 3.05) is 10.8 Å². The molecule has 0 aliphatic rings. The molecule has 8 heteroatoms. The molecule has 1 unspecified atom stereocenters. The average Bonchev–Trinajstić information content (AvgIpc) is 2.88. The lowest BCUT2D eigenvalue weighted by molar-refractivity contribution is -0.140. The number of benzene rings is 3. The summed E-state index contributed by atoms with van der Waals surface area (Å²) in [5, 5.41) is 2.92. The SMILES string of the molecule is CCC(C(=O)NC(C)C)N(Cc1ccc(C)cc1)C(=O)CN(c1ccc(C)cc1C)S(=O)(=O)c1ccccc1. The van der Waals surface area contributed by atoms with Crippen LogP contribution in [0.4, 0.5) is 5.69 Å². The van der Waals surface area contributed by atoms with Crippen molar-refractivity contribution in [3.63, 3.8) is 0 Å². The minimum atomic E-state index is -4.08. The zero-order valence-electron chi connectivity index (χ0n) is 23.6. The molecule has 1 N–H and O–H groups in total. The van der Waals surface area contributed by atoms with E-state index in [4.69, 9.17) is 0 Å². The van der Waals surface area contributed by atoms with E-state index in [0.717, 1.165) is 26.6 Å². The normalized spacial score (nSPS) is 12.2. The highest BCUT2D eigenvalue weighted by Crippen LogP contribution is 2.28. The van der Waals surface area contributed by atoms with Crippen molar-refractivity contribution >= 4 is 27.5 Å². The van der Waals surface area contributed by atoms with E-state index in [1.807, 2.05) is 77.9 Å². The van der Waals surface area contributed by atoms with E-state index in [1.54, 1.807) is 24.3 Å². The summed E-state index contributed by atoms with van der Waals surface area (Å²) in [6.45, 7) is 11.1. The third kappa shape index (κ3) is 7.47. The second-order valence-electron chi connectivity index (χ2n) is 10.2. The van der Waals surface area contributed by atoms with Crippen LogP contribution in [0.2, 0.25) is 0 Å². The Morgan fingerprint density at radius 1 is 0.872 bits per heavy atom. The molecule has 0 bridgehead atoms. The lowest BCUT2D eigenvalue weighted by atomic mass is 10.1. The molecule has 3 aromatic carbocycles. The quantitative estimate of drug-likeness (QED) is 0.359. The zero-order valence-corrected chi connectivity index (χ0v) is 24.5. The minimum Gasteiger partial charge on any atom is -0.352 e. The van der Waals surface area contributed by atoms with Gasteiger partial charge in [-0.3, -0.25) is 13.9 Å². The summed E-state index contributed by atoms with van der Waals surface area (Å²) in [7, 11) is -4.08. The molecule has 0 saturated carbocycles. The van der Waals surface area contributed by atoms with Gasteiger partial charge in [-0.05, 0) is 70.4 Å². The highest BCUT2D eigenvalue weighted by molar-refractivity contribution is 7.92. The summed E-state index contributed by atoms with van der Waals surface area (Å²) in [5.41, 5.74) is 4.08. The fourth-order valence-electron chi connectivity index (χ4n) is 4.51. The lowest BCUT2D eigenvalue weighted by Gasteiger charge is -2.34. The molecule has 0 heterocycles. The molecule has 3 rings (SSSR count). The number of rotatable bonds is 11. The molecular formula is C31H39N3O4S. The predicted octanol–water partition coefficient (Wildman–Crippen LogP) is 5.14. The van der Waals surface area contributed by atoms with Crippen LogP contribution in [-0.4, -0.2) is 43.8 Å². The summed E-state index contributed by atoms with van der Waals surface area (Å²) in [6.07, 6.45) is 0.380. The Labute approximate surface area is 232 Å². The first-order valence-electron chi connectivity index (χ1n) is 13.2. The number of aryl methyl sites for hydroxylation is 3. The number of hydrogen-bond acceptors (Lipinski definition) is 4. The molecule has 0 saturated heterocycles. The molecule has 0 aliphatic heterocycles. The summed E-state index contributed by atoms with van der Waals surface area (Å²) in [5.74, 6) is -0.724. The third-order valence-electron chi connectivity index (χ3n) is 6.52. The largest absolute Gasteiger partial charge is 0.352 e. The van der Waals surface area contributed by atoms with E-state index in [1.165, 1.54) is 17.0 Å². The van der Waals surface area contributed by atoms with E-state index >= 15 is 0 Å². The number of anilines is 1. The molecule has 0 aromatic heterocycles. The fourth-order valence-corrected chi connectivity index (χ4v) is 6.01. The second-order valence-corrected chi connectivity index (χ2v) is 12.1. The molecule has 2 amide bonds. The first kappa shape index (κ1) is 29.9. The van der Waals surface area contributed by atoms with Crippen molar-refractivity contribution in [3.05, 3.63) is 95.1 Å². The smallest absolute Gasteiger partial charge is 0.264 e. The summed E-state index contributed by atoms with van der Waals surface area (Å²) in [6, 6.07) is 20.4. The highest BCUT2D eigenvalue weighted by atomic mass is 32.2. The van der Waals surface area contributed by atoms with Crippen LogP contribution in [0.25, 0.3) is 0 Å². The Morgan fingerprint density at radius 3 is 2.05 bits per heavy atom. The van der Waals surface area contributed by atoms with Gasteiger partial charge in [0.05, 0.1) is 10.6 Å². The van der Waals surface area contributed by atoms with Crippen molar-refractivity contribution in [3.8, 4) is 0 Å². The van der Waals surface area contributed by atoms with Gasteiger partial charge in [-0.2, -0.15) is 0 Å². The standard InChI is InChI=1S/C31H39N3O4S/c1-7-28(31(36)32-22(2)3)33(20-26-16-13-23(4)14-17-26)30(35)21-34(29-18-15-24(5)19-25(29)6)39(37,38)27-11-9-8-10-12-27/h8-19,22,28H,7,20-21H2,1-6H3,(H,32,36). The number of nitrogens with zero attached hydrogens (tertiary/aromatic N) is 2. The predicted molar refractivity (Wildman–Crippen MR) is 156 cm³/mol. The molecule has 39 heavy (non-hydrogen) atoms. The van der Waals surface area contributed by atoms with Gasteiger partial charge in [-0.1, -0.05) is 72.6 Å². The van der Waals surface area contributed by atoms with Crippen molar-refractivity contribution in [2.45, 2.75) is 71.5 Å². The molecule has 0 aliphatic carbocycles. The van der Waals surface area contributed by atoms with E-state index in [9.17, 15) is 18.0 Å². The Hall–Kier alpha value is -3.65. The van der Waals surface area contributed by atoms with Crippen LogP contribution in [0.15, 0.2) is 77.7 Å². The molecule has 0 spiro atoms. The lowest BCUT2D eigenvalue weighted by Crippen LogP contribution is -2.53. The Balaban J connectivity index is 2.08. The number of hydrogen-bond donors (Lipinski definition) is 1. The number of nitrogens with one attached hydrogen (secondary N) is 1. The fraction of sp³-hybridized carbons (Fsp3) is 0.355. The maximum atomic E-state index is 14.1. The van der Waals surface area contributed by atoms with Crippen molar-refractivity contribution in [1.29, 1.82) is 0 Å². The molecule has 0 radical (unpaired) electrons. The van der Waals surface area contributed by atoms with Crippen molar-refractivity contribution < 1.29 is 18.0 Å². The molecule has 7 nitrogen and oxygen atoms in total. The van der Waals surface area contributed by atoms with Gasteiger partial charge in [-0.15, -0.1) is 0 Å². The average molecular weight is 550 g/mol. The minimum absolute atomic E-state index is 0.0902. The Morgan fingerprint density at radius 2 is 1.49 bits per heavy atom. The van der Waals surface area contributed by atoms with Crippen LogP contribution >= 0.6 is 0 Å². The molecule has 208 valence electrons. The van der Waals surface area contributed by atoms with Crippen LogP contribution in [0.1, 0.15) is 49.4 Å². The summed E-state index contributed by atoms with van der Waals surface area (Å²) >= 11 is 0. The van der Waals surface area contributed by atoms with Gasteiger partial charge in [-0.25, -0.2) is 8.42 Å².